The molecule has 5 rings (SSSR count). The Bertz CT molecular complexity index is 1520. The number of imidazole rings is 1. The van der Waals surface area contributed by atoms with Crippen molar-refractivity contribution in [2.24, 2.45) is 5.41 Å². The molecule has 3 N–H and O–H groups in total. The summed E-state index contributed by atoms with van der Waals surface area (Å²) in [6, 6.07) is 14.4. The molecule has 3 aromatic heterocycles. The fourth-order valence-electron chi connectivity index (χ4n) is 5.20. The summed E-state index contributed by atoms with van der Waals surface area (Å²) in [6.07, 6.45) is 6.37. The van der Waals surface area contributed by atoms with Crippen LogP contribution in [0.15, 0.2) is 65.8 Å². The predicted octanol–water partition coefficient (Wildman–Crippen LogP) is 6.92. The SMILES string of the molecule is C=CC(=O)NC1CCC(n2c(NC(=O)c3ccc(-c4ccco4)s3)nc3cc(CN[C@@H](C)C(C)(C)C)ccc32)CC1. The highest BCUT2D eigenvalue weighted by molar-refractivity contribution is 7.17. The first-order valence-electron chi connectivity index (χ1n) is 14.2. The Morgan fingerprint density at radius 3 is 2.63 bits per heavy atom. The second-order valence-electron chi connectivity index (χ2n) is 11.9. The summed E-state index contributed by atoms with van der Waals surface area (Å²) in [6.45, 7) is 13.2. The van der Waals surface area contributed by atoms with Crippen molar-refractivity contribution in [2.75, 3.05) is 5.32 Å². The van der Waals surface area contributed by atoms with Crippen molar-refractivity contribution >= 4 is 40.1 Å². The Morgan fingerprint density at radius 1 is 1.17 bits per heavy atom. The topological polar surface area (TPSA) is 101 Å². The number of thiophene rings is 1. The third-order valence-electron chi connectivity index (χ3n) is 8.08. The van der Waals surface area contributed by atoms with Crippen molar-refractivity contribution in [1.29, 1.82) is 0 Å². The third kappa shape index (κ3) is 6.63. The van der Waals surface area contributed by atoms with Gasteiger partial charge in [0, 0.05) is 24.7 Å². The Kier molecular flexibility index (Phi) is 8.47. The van der Waals surface area contributed by atoms with E-state index in [1.165, 1.54) is 17.4 Å². The number of hydrogen-bond donors (Lipinski definition) is 3. The molecule has 4 aromatic rings. The summed E-state index contributed by atoms with van der Waals surface area (Å²) in [5, 5.41) is 9.77. The first-order chi connectivity index (χ1) is 19.6. The average Bonchev–Trinajstić information content (AvgIpc) is 3.71. The van der Waals surface area contributed by atoms with E-state index >= 15 is 0 Å². The molecule has 1 atom stereocenters. The lowest BCUT2D eigenvalue weighted by Crippen LogP contribution is -2.37. The number of amides is 2. The quantitative estimate of drug-likeness (QED) is 0.189. The van der Waals surface area contributed by atoms with Gasteiger partial charge in [0.05, 0.1) is 27.1 Å². The van der Waals surface area contributed by atoms with Crippen LogP contribution in [0, 0.1) is 5.41 Å². The molecule has 0 radical (unpaired) electrons. The molecule has 1 aromatic carbocycles. The number of anilines is 1. The third-order valence-corrected chi connectivity index (χ3v) is 9.18. The van der Waals surface area contributed by atoms with Crippen LogP contribution in [0.4, 0.5) is 5.95 Å². The standard InChI is InChI=1S/C32H39N5O3S/c1-6-29(38)34-22-10-12-23(13-11-22)37-25-14-9-21(19-33-20(2)32(3,4)5)18-24(25)35-31(37)36-30(39)28-16-15-27(41-28)26-8-7-17-40-26/h6-9,14-18,20,22-23,33H,1,10-13,19H2,2-5H3,(H,34,38)(H,35,36,39)/t20-,22?,23?/m0/s1. The van der Waals surface area contributed by atoms with Gasteiger partial charge < -0.3 is 19.6 Å². The fraction of sp³-hybridized carbons (Fsp3) is 0.406. The number of nitrogens with zero attached hydrogens (tertiary/aromatic N) is 2. The van der Waals surface area contributed by atoms with Gasteiger partial charge in [-0.15, -0.1) is 11.3 Å². The summed E-state index contributed by atoms with van der Waals surface area (Å²) in [4.78, 5) is 31.7. The summed E-state index contributed by atoms with van der Waals surface area (Å²) in [5.74, 6) is 0.951. The van der Waals surface area contributed by atoms with Crippen molar-refractivity contribution in [3.05, 3.63) is 71.8 Å². The van der Waals surface area contributed by atoms with Gasteiger partial charge in [0.25, 0.3) is 5.91 Å². The van der Waals surface area contributed by atoms with Gasteiger partial charge in [-0.2, -0.15) is 0 Å². The molecule has 2 amide bonds. The Morgan fingerprint density at radius 2 is 1.95 bits per heavy atom. The lowest BCUT2D eigenvalue weighted by Gasteiger charge is -2.31. The molecule has 0 saturated heterocycles. The van der Waals surface area contributed by atoms with Crippen LogP contribution in [0.2, 0.25) is 0 Å². The molecular weight excluding hydrogens is 534 g/mol. The van der Waals surface area contributed by atoms with Crippen molar-refractivity contribution in [2.45, 2.75) is 78.0 Å². The van der Waals surface area contributed by atoms with Crippen molar-refractivity contribution in [3.8, 4) is 10.6 Å². The van der Waals surface area contributed by atoms with E-state index in [0.29, 0.717) is 16.9 Å². The molecule has 0 bridgehead atoms. The molecule has 0 spiro atoms. The summed E-state index contributed by atoms with van der Waals surface area (Å²) in [7, 11) is 0. The first kappa shape index (κ1) is 28.8. The summed E-state index contributed by atoms with van der Waals surface area (Å²) < 4.78 is 7.67. The smallest absolute Gasteiger partial charge is 0.268 e. The van der Waals surface area contributed by atoms with E-state index in [4.69, 9.17) is 9.40 Å². The lowest BCUT2D eigenvalue weighted by molar-refractivity contribution is -0.117. The van der Waals surface area contributed by atoms with Crippen LogP contribution >= 0.6 is 11.3 Å². The molecule has 8 nitrogen and oxygen atoms in total. The molecule has 0 unspecified atom stereocenters. The second kappa shape index (κ2) is 12.0. The number of nitrogens with one attached hydrogen (secondary N) is 3. The molecule has 1 saturated carbocycles. The highest BCUT2D eigenvalue weighted by Crippen LogP contribution is 2.36. The molecule has 216 valence electrons. The maximum atomic E-state index is 13.4. The van der Waals surface area contributed by atoms with E-state index in [2.05, 4.69) is 73.0 Å². The van der Waals surface area contributed by atoms with Gasteiger partial charge in [0.2, 0.25) is 11.9 Å². The highest BCUT2D eigenvalue weighted by atomic mass is 32.1. The summed E-state index contributed by atoms with van der Waals surface area (Å²) >= 11 is 1.39. The van der Waals surface area contributed by atoms with Crippen LogP contribution in [0.25, 0.3) is 21.7 Å². The second-order valence-corrected chi connectivity index (χ2v) is 13.0. The van der Waals surface area contributed by atoms with E-state index in [-0.39, 0.29) is 29.3 Å². The number of furan rings is 1. The molecular formula is C32H39N5O3S. The monoisotopic (exact) mass is 573 g/mol. The van der Waals surface area contributed by atoms with Crippen molar-refractivity contribution in [3.63, 3.8) is 0 Å². The molecule has 1 aliphatic carbocycles. The van der Waals surface area contributed by atoms with Gasteiger partial charge in [-0.1, -0.05) is 33.4 Å². The molecule has 1 fully saturated rings. The van der Waals surface area contributed by atoms with E-state index < -0.39 is 0 Å². The Balaban J connectivity index is 1.40. The minimum absolute atomic E-state index is 0.123. The minimum atomic E-state index is -0.197. The average molecular weight is 574 g/mol. The van der Waals surface area contributed by atoms with Gasteiger partial charge in [-0.25, -0.2) is 4.98 Å². The van der Waals surface area contributed by atoms with E-state index in [9.17, 15) is 9.59 Å². The zero-order chi connectivity index (χ0) is 29.1. The normalized spacial score (nSPS) is 18.2. The number of rotatable bonds is 9. The van der Waals surface area contributed by atoms with Gasteiger partial charge in [0.15, 0.2) is 0 Å². The predicted molar refractivity (Wildman–Crippen MR) is 165 cm³/mol. The number of carbonyl (C=O) groups is 2. The number of carbonyl (C=O) groups excluding carboxylic acids is 2. The molecule has 1 aliphatic rings. The zero-order valence-electron chi connectivity index (χ0n) is 24.2. The maximum Gasteiger partial charge on any atom is 0.268 e. The number of aromatic nitrogens is 2. The molecule has 9 heteroatoms. The first-order valence-corrected chi connectivity index (χ1v) is 15.1. The van der Waals surface area contributed by atoms with Crippen LogP contribution in [0.5, 0.6) is 0 Å². The molecule has 0 aliphatic heterocycles. The Hall–Kier alpha value is -3.69. The molecule has 41 heavy (non-hydrogen) atoms. The van der Waals surface area contributed by atoms with E-state index in [0.717, 1.165) is 59.5 Å². The van der Waals surface area contributed by atoms with Crippen molar-refractivity contribution < 1.29 is 14.0 Å². The Labute approximate surface area is 245 Å². The van der Waals surface area contributed by atoms with E-state index in [1.807, 2.05) is 24.3 Å². The van der Waals surface area contributed by atoms with Gasteiger partial charge >= 0.3 is 0 Å². The lowest BCUT2D eigenvalue weighted by atomic mass is 9.88. The highest BCUT2D eigenvalue weighted by Gasteiger charge is 2.28. The van der Waals surface area contributed by atoms with E-state index in [1.54, 1.807) is 6.26 Å². The summed E-state index contributed by atoms with van der Waals surface area (Å²) in [5.41, 5.74) is 3.15. The fourth-order valence-corrected chi connectivity index (χ4v) is 6.07. The number of hydrogen-bond acceptors (Lipinski definition) is 6. The molecule has 3 heterocycles. The minimum Gasteiger partial charge on any atom is -0.464 e. The largest absolute Gasteiger partial charge is 0.464 e. The zero-order valence-corrected chi connectivity index (χ0v) is 25.0. The van der Waals surface area contributed by atoms with Crippen LogP contribution in [0.3, 0.4) is 0 Å². The van der Waals surface area contributed by atoms with Crippen LogP contribution in [-0.2, 0) is 11.3 Å². The van der Waals surface area contributed by atoms with Crippen LogP contribution < -0.4 is 16.0 Å². The van der Waals surface area contributed by atoms with Gasteiger partial charge in [0.1, 0.15) is 5.76 Å². The van der Waals surface area contributed by atoms with Gasteiger partial charge in [-0.3, -0.25) is 14.9 Å². The van der Waals surface area contributed by atoms with Crippen LogP contribution in [-0.4, -0.2) is 33.4 Å². The van der Waals surface area contributed by atoms with Gasteiger partial charge in [-0.05, 0) is 86.1 Å². The number of fused-ring (bicyclic) bond motifs is 1. The maximum absolute atomic E-state index is 13.4. The van der Waals surface area contributed by atoms with Crippen LogP contribution in [0.1, 0.15) is 74.7 Å². The van der Waals surface area contributed by atoms with Crippen molar-refractivity contribution in [1.82, 2.24) is 20.2 Å². The number of benzene rings is 1.